The van der Waals surface area contributed by atoms with Crippen LogP contribution in [0.15, 0.2) is 28.7 Å². The first-order valence-corrected chi connectivity index (χ1v) is 5.20. The third-order valence-electron chi connectivity index (χ3n) is 2.70. The van der Waals surface area contributed by atoms with Crippen molar-refractivity contribution in [2.45, 2.75) is 19.3 Å². The fraction of sp³-hybridized carbons (Fsp3) is 0.333. The van der Waals surface area contributed by atoms with Crippen LogP contribution in [0.2, 0.25) is 0 Å². The van der Waals surface area contributed by atoms with Gasteiger partial charge >= 0.3 is 0 Å². The van der Waals surface area contributed by atoms with Crippen LogP contribution in [-0.2, 0) is 11.2 Å². The summed E-state index contributed by atoms with van der Waals surface area (Å²) in [4.78, 5) is 15.8. The summed E-state index contributed by atoms with van der Waals surface area (Å²) in [5, 5.41) is 0. The third kappa shape index (κ3) is 1.65. The molecule has 0 aliphatic heterocycles. The number of aromatic nitrogens is 1. The highest BCUT2D eigenvalue weighted by Crippen LogP contribution is 2.31. The fourth-order valence-corrected chi connectivity index (χ4v) is 1.69. The number of carbonyl (C=O) groups is 1. The molecule has 2 aromatic rings. The number of para-hydroxylation sites is 2. The fourth-order valence-electron chi connectivity index (χ4n) is 1.69. The van der Waals surface area contributed by atoms with Gasteiger partial charge in [-0.2, -0.15) is 0 Å². The molecular weight excluding hydrogens is 190 g/mol. The monoisotopic (exact) mass is 201 g/mol. The van der Waals surface area contributed by atoms with Gasteiger partial charge in [-0.3, -0.25) is 4.79 Å². The highest BCUT2D eigenvalue weighted by molar-refractivity contribution is 5.85. The number of rotatable bonds is 3. The normalized spacial score (nSPS) is 15.7. The van der Waals surface area contributed by atoms with Crippen molar-refractivity contribution in [3.63, 3.8) is 0 Å². The van der Waals surface area contributed by atoms with Crippen molar-refractivity contribution < 1.29 is 9.21 Å². The van der Waals surface area contributed by atoms with Crippen LogP contribution in [0.5, 0.6) is 0 Å². The molecule has 0 saturated heterocycles. The second kappa shape index (κ2) is 3.19. The molecule has 3 nitrogen and oxygen atoms in total. The molecule has 1 aromatic heterocycles. The van der Waals surface area contributed by atoms with Crippen LogP contribution in [0.25, 0.3) is 11.1 Å². The largest absolute Gasteiger partial charge is 0.440 e. The van der Waals surface area contributed by atoms with Crippen LogP contribution in [0, 0.1) is 5.92 Å². The Labute approximate surface area is 87.1 Å². The lowest BCUT2D eigenvalue weighted by Crippen LogP contribution is -2.04. The highest BCUT2D eigenvalue weighted by Gasteiger charge is 2.30. The predicted molar refractivity (Wildman–Crippen MR) is 55.4 cm³/mol. The maximum absolute atomic E-state index is 11.6. The lowest BCUT2D eigenvalue weighted by atomic mass is 10.2. The summed E-state index contributed by atoms with van der Waals surface area (Å²) >= 11 is 0. The summed E-state index contributed by atoms with van der Waals surface area (Å²) in [6.45, 7) is 0. The zero-order chi connectivity index (χ0) is 10.3. The Morgan fingerprint density at radius 1 is 1.40 bits per heavy atom. The molecule has 0 N–H and O–H groups in total. The molecular formula is C12H11NO2. The zero-order valence-electron chi connectivity index (χ0n) is 8.27. The van der Waals surface area contributed by atoms with Gasteiger partial charge in [-0.1, -0.05) is 12.1 Å². The molecule has 3 heteroatoms. The van der Waals surface area contributed by atoms with Gasteiger partial charge in [0.15, 0.2) is 5.58 Å². The predicted octanol–water partition coefficient (Wildman–Crippen LogP) is 2.35. The number of Topliss-reactive ketones (excluding diaryl/α,β-unsaturated/α-hetero) is 1. The van der Waals surface area contributed by atoms with Gasteiger partial charge in [0.2, 0.25) is 5.89 Å². The Hall–Kier alpha value is -1.64. The molecule has 1 saturated carbocycles. The molecule has 3 rings (SSSR count). The average Bonchev–Trinajstić information content (AvgIpc) is 2.99. The van der Waals surface area contributed by atoms with Gasteiger partial charge < -0.3 is 4.42 Å². The van der Waals surface area contributed by atoms with Crippen LogP contribution in [-0.4, -0.2) is 10.8 Å². The summed E-state index contributed by atoms with van der Waals surface area (Å²) in [5.41, 5.74) is 1.59. The number of hydrogen-bond acceptors (Lipinski definition) is 3. The molecule has 1 fully saturated rings. The van der Waals surface area contributed by atoms with Crippen LogP contribution in [0.3, 0.4) is 0 Å². The molecule has 0 amide bonds. The van der Waals surface area contributed by atoms with E-state index < -0.39 is 0 Å². The van der Waals surface area contributed by atoms with Gasteiger partial charge in [0.1, 0.15) is 11.3 Å². The molecule has 76 valence electrons. The number of hydrogen-bond donors (Lipinski definition) is 0. The summed E-state index contributed by atoms with van der Waals surface area (Å²) in [6, 6.07) is 7.58. The van der Waals surface area contributed by atoms with Gasteiger partial charge in [-0.05, 0) is 25.0 Å². The molecule has 1 aliphatic rings. The Balaban J connectivity index is 1.87. The van der Waals surface area contributed by atoms with E-state index in [1.807, 2.05) is 24.3 Å². The first-order valence-electron chi connectivity index (χ1n) is 5.20. The summed E-state index contributed by atoms with van der Waals surface area (Å²) < 4.78 is 5.48. The standard InChI is InChI=1S/C12H11NO2/c14-10(8-5-6-8)7-12-13-9-3-1-2-4-11(9)15-12/h1-4,8H,5-7H2. The lowest BCUT2D eigenvalue weighted by molar-refractivity contribution is -0.119. The van der Waals surface area contributed by atoms with E-state index >= 15 is 0 Å². The summed E-state index contributed by atoms with van der Waals surface area (Å²) in [6.07, 6.45) is 2.43. The van der Waals surface area contributed by atoms with E-state index in [0.29, 0.717) is 12.3 Å². The Morgan fingerprint density at radius 2 is 2.20 bits per heavy atom. The minimum atomic E-state index is 0.265. The second-order valence-electron chi connectivity index (χ2n) is 3.99. The Morgan fingerprint density at radius 3 is 2.93 bits per heavy atom. The number of carbonyl (C=O) groups excluding carboxylic acids is 1. The van der Waals surface area contributed by atoms with Gasteiger partial charge in [0.25, 0.3) is 0 Å². The van der Waals surface area contributed by atoms with Crippen molar-refractivity contribution in [2.75, 3.05) is 0 Å². The minimum Gasteiger partial charge on any atom is -0.440 e. The van der Waals surface area contributed by atoms with Gasteiger partial charge in [0.05, 0.1) is 6.42 Å². The van der Waals surface area contributed by atoms with Crippen molar-refractivity contribution in [2.24, 2.45) is 5.92 Å². The quantitative estimate of drug-likeness (QED) is 0.765. The SMILES string of the molecule is O=C(Cc1nc2ccccc2o1)C1CC1. The number of oxazole rings is 1. The number of nitrogens with zero attached hydrogens (tertiary/aromatic N) is 1. The third-order valence-corrected chi connectivity index (χ3v) is 2.70. The Bertz CT molecular complexity index is 478. The van der Waals surface area contributed by atoms with Crippen molar-refractivity contribution in [1.29, 1.82) is 0 Å². The maximum atomic E-state index is 11.6. The van der Waals surface area contributed by atoms with Gasteiger partial charge in [-0.25, -0.2) is 4.98 Å². The van der Waals surface area contributed by atoms with Crippen LogP contribution >= 0.6 is 0 Å². The van der Waals surface area contributed by atoms with Crippen molar-refractivity contribution in [3.05, 3.63) is 30.2 Å². The van der Waals surface area contributed by atoms with E-state index in [9.17, 15) is 4.79 Å². The first-order chi connectivity index (χ1) is 7.33. The molecule has 1 aromatic carbocycles. The van der Waals surface area contributed by atoms with Gasteiger partial charge in [0, 0.05) is 5.92 Å². The molecule has 0 atom stereocenters. The number of ketones is 1. The summed E-state index contributed by atoms with van der Waals surface area (Å²) in [7, 11) is 0. The van der Waals surface area contributed by atoms with Gasteiger partial charge in [-0.15, -0.1) is 0 Å². The van der Waals surface area contributed by atoms with E-state index in [4.69, 9.17) is 4.42 Å². The number of fused-ring (bicyclic) bond motifs is 1. The molecule has 0 spiro atoms. The Kier molecular flexibility index (Phi) is 1.84. The summed E-state index contributed by atoms with van der Waals surface area (Å²) in [5.74, 6) is 1.09. The van der Waals surface area contributed by atoms with E-state index in [1.54, 1.807) is 0 Å². The molecule has 0 bridgehead atoms. The van der Waals surface area contributed by atoms with E-state index in [0.717, 1.165) is 23.9 Å². The molecule has 15 heavy (non-hydrogen) atoms. The minimum absolute atomic E-state index is 0.265. The van der Waals surface area contributed by atoms with Crippen molar-refractivity contribution in [1.82, 2.24) is 4.98 Å². The van der Waals surface area contributed by atoms with E-state index in [1.165, 1.54) is 0 Å². The second-order valence-corrected chi connectivity index (χ2v) is 3.99. The van der Waals surface area contributed by atoms with Crippen molar-refractivity contribution >= 4 is 16.9 Å². The van der Waals surface area contributed by atoms with Crippen LogP contribution in [0.4, 0.5) is 0 Å². The number of benzene rings is 1. The van der Waals surface area contributed by atoms with E-state index in [-0.39, 0.29) is 11.7 Å². The van der Waals surface area contributed by atoms with Crippen LogP contribution in [0.1, 0.15) is 18.7 Å². The molecule has 1 aliphatic carbocycles. The topological polar surface area (TPSA) is 43.1 Å². The molecule has 0 radical (unpaired) electrons. The smallest absolute Gasteiger partial charge is 0.202 e. The molecule has 1 heterocycles. The zero-order valence-corrected chi connectivity index (χ0v) is 8.27. The highest BCUT2D eigenvalue weighted by atomic mass is 16.3. The van der Waals surface area contributed by atoms with E-state index in [2.05, 4.69) is 4.98 Å². The lowest BCUT2D eigenvalue weighted by Gasteiger charge is -1.91. The van der Waals surface area contributed by atoms with Crippen molar-refractivity contribution in [3.8, 4) is 0 Å². The first kappa shape index (κ1) is 8.65. The average molecular weight is 201 g/mol. The molecule has 0 unspecified atom stereocenters. The maximum Gasteiger partial charge on any atom is 0.202 e. The van der Waals surface area contributed by atoms with Crippen LogP contribution < -0.4 is 0 Å².